The second-order valence-electron chi connectivity index (χ2n) is 5.60. The molecule has 1 amide bonds. The molecule has 2 aliphatic rings. The molecule has 1 aromatic carbocycles. The van der Waals surface area contributed by atoms with Gasteiger partial charge in [0.1, 0.15) is 10.1 Å². The lowest BCUT2D eigenvalue weighted by molar-refractivity contribution is -0.121. The molecule has 0 unspecified atom stereocenters. The molecule has 0 atom stereocenters. The molecule has 1 saturated heterocycles. The Morgan fingerprint density at radius 1 is 1.32 bits per heavy atom. The van der Waals surface area contributed by atoms with Crippen molar-refractivity contribution in [1.29, 1.82) is 0 Å². The van der Waals surface area contributed by atoms with Crippen molar-refractivity contribution in [1.82, 2.24) is 4.90 Å². The average Bonchev–Trinajstić information content (AvgIpc) is 3.10. The third-order valence-electron chi connectivity index (χ3n) is 4.19. The molecule has 0 saturated carbocycles. The Labute approximate surface area is 162 Å². The van der Waals surface area contributed by atoms with Gasteiger partial charge in [-0.05, 0) is 37.1 Å². The highest BCUT2D eigenvalue weighted by Gasteiger charge is 2.32. The van der Waals surface area contributed by atoms with E-state index in [0.717, 1.165) is 39.9 Å². The quantitative estimate of drug-likeness (QED) is 0.549. The third-order valence-corrected chi connectivity index (χ3v) is 6.91. The fourth-order valence-corrected chi connectivity index (χ4v) is 5.22. The first-order valence-corrected chi connectivity index (χ1v) is 10.1. The zero-order valence-corrected chi connectivity index (χ0v) is 17.1. The summed E-state index contributed by atoms with van der Waals surface area (Å²) in [5, 5.41) is 1.13. The lowest BCUT2D eigenvalue weighted by Crippen LogP contribution is -2.22. The number of hydrogen-bond donors (Lipinski definition) is 0. The molecule has 2 aliphatic heterocycles. The molecule has 4 nitrogen and oxygen atoms in total. The summed E-state index contributed by atoms with van der Waals surface area (Å²) in [6.45, 7) is 5.05. The van der Waals surface area contributed by atoms with E-state index in [1.54, 1.807) is 30.8 Å². The fraction of sp³-hybridized carbons (Fsp3) is 0.333. The summed E-state index contributed by atoms with van der Waals surface area (Å²) < 4.78 is 5.97. The maximum Gasteiger partial charge on any atom is 0.266 e. The molecule has 1 aromatic rings. The topological polar surface area (TPSA) is 32.8 Å². The van der Waals surface area contributed by atoms with Gasteiger partial charge in [-0.3, -0.25) is 9.69 Å². The van der Waals surface area contributed by atoms with Crippen LogP contribution in [0, 0.1) is 0 Å². The number of thiocarbonyl (C=S) groups is 1. The summed E-state index contributed by atoms with van der Waals surface area (Å²) in [4.78, 5) is 18.2. The number of benzene rings is 1. The van der Waals surface area contributed by atoms with Crippen molar-refractivity contribution in [3.8, 4) is 5.75 Å². The summed E-state index contributed by atoms with van der Waals surface area (Å²) in [6, 6.07) is 6.12. The van der Waals surface area contributed by atoms with Crippen LogP contribution in [0.3, 0.4) is 0 Å². The number of amides is 1. The van der Waals surface area contributed by atoms with Crippen molar-refractivity contribution in [2.45, 2.75) is 25.2 Å². The standard InChI is InChI=1S/C18H20N2O2S3/c1-5-11(16-17(21)19(3)18(23)25-16)9-15-20(6-2)13-10-12(22-4)7-8-14(13)24-15/h7-10H,5-6H2,1-4H3. The Balaban J connectivity index is 2.00. The Bertz CT molecular complexity index is 802. The van der Waals surface area contributed by atoms with Crippen LogP contribution in [0.2, 0.25) is 0 Å². The van der Waals surface area contributed by atoms with Crippen molar-refractivity contribution >= 4 is 51.7 Å². The Hall–Kier alpha value is -1.44. The summed E-state index contributed by atoms with van der Waals surface area (Å²) >= 11 is 8.38. The maximum absolute atomic E-state index is 12.4. The van der Waals surface area contributed by atoms with Crippen LogP contribution in [0.25, 0.3) is 0 Å². The van der Waals surface area contributed by atoms with Gasteiger partial charge in [-0.15, -0.1) is 0 Å². The molecule has 0 N–H and O–H groups in total. The first kappa shape index (κ1) is 18.4. The van der Waals surface area contributed by atoms with Crippen molar-refractivity contribution in [2.24, 2.45) is 0 Å². The highest BCUT2D eigenvalue weighted by molar-refractivity contribution is 8.26. The minimum absolute atomic E-state index is 0.00562. The van der Waals surface area contributed by atoms with Crippen LogP contribution in [0.1, 0.15) is 20.3 Å². The predicted octanol–water partition coefficient (Wildman–Crippen LogP) is 4.62. The van der Waals surface area contributed by atoms with Gasteiger partial charge in [0, 0.05) is 24.6 Å². The van der Waals surface area contributed by atoms with Crippen LogP contribution in [0.5, 0.6) is 5.75 Å². The number of allylic oxidation sites excluding steroid dienone is 2. The van der Waals surface area contributed by atoms with E-state index in [0.29, 0.717) is 4.32 Å². The molecule has 3 rings (SSSR count). The molecular formula is C18H20N2O2S3. The molecule has 0 aliphatic carbocycles. The van der Waals surface area contributed by atoms with Gasteiger partial charge in [0.05, 0.1) is 22.7 Å². The SMILES string of the molecule is CCC(C=C1Sc2ccc(OC)cc2N1CC)=C1SC(=S)N(C)C1=O. The summed E-state index contributed by atoms with van der Waals surface area (Å²) in [5.41, 5.74) is 2.18. The van der Waals surface area contributed by atoms with E-state index in [-0.39, 0.29) is 5.91 Å². The normalized spacial score (nSPS) is 20.6. The molecule has 1 fully saturated rings. The minimum Gasteiger partial charge on any atom is -0.497 e. The van der Waals surface area contributed by atoms with Gasteiger partial charge >= 0.3 is 0 Å². The maximum atomic E-state index is 12.4. The van der Waals surface area contributed by atoms with Crippen molar-refractivity contribution in [3.63, 3.8) is 0 Å². The zero-order chi connectivity index (χ0) is 18.1. The van der Waals surface area contributed by atoms with E-state index >= 15 is 0 Å². The lowest BCUT2D eigenvalue weighted by Gasteiger charge is -2.19. The third kappa shape index (κ3) is 3.32. The second-order valence-corrected chi connectivity index (χ2v) is 8.31. The molecule has 25 heavy (non-hydrogen) atoms. The summed E-state index contributed by atoms with van der Waals surface area (Å²) in [5.74, 6) is 0.843. The largest absolute Gasteiger partial charge is 0.497 e. The molecule has 0 bridgehead atoms. The van der Waals surface area contributed by atoms with Gasteiger partial charge in [0.2, 0.25) is 0 Å². The molecule has 0 aromatic heterocycles. The highest BCUT2D eigenvalue weighted by atomic mass is 32.2. The van der Waals surface area contributed by atoms with Gasteiger partial charge < -0.3 is 9.64 Å². The summed E-state index contributed by atoms with van der Waals surface area (Å²) in [6.07, 6.45) is 2.91. The zero-order valence-electron chi connectivity index (χ0n) is 14.7. The number of anilines is 1. The van der Waals surface area contributed by atoms with Crippen LogP contribution >= 0.6 is 35.7 Å². The number of nitrogens with zero attached hydrogens (tertiary/aromatic N) is 2. The van der Waals surface area contributed by atoms with Gasteiger partial charge in [-0.2, -0.15) is 0 Å². The van der Waals surface area contributed by atoms with Crippen molar-refractivity contribution in [2.75, 3.05) is 25.6 Å². The van der Waals surface area contributed by atoms with E-state index in [2.05, 4.69) is 37.0 Å². The number of carbonyl (C=O) groups excluding carboxylic acids is 1. The lowest BCUT2D eigenvalue weighted by atomic mass is 10.1. The Kier molecular flexibility index (Phi) is 5.46. The van der Waals surface area contributed by atoms with Crippen molar-refractivity contribution in [3.05, 3.63) is 39.8 Å². The molecule has 0 radical (unpaired) electrons. The van der Waals surface area contributed by atoms with E-state index in [1.165, 1.54) is 16.7 Å². The first-order valence-electron chi connectivity index (χ1n) is 8.08. The van der Waals surface area contributed by atoms with Crippen LogP contribution in [0.4, 0.5) is 5.69 Å². The second kappa shape index (κ2) is 7.43. The first-order chi connectivity index (χ1) is 12.0. The number of fused-ring (bicyclic) bond motifs is 1. The van der Waals surface area contributed by atoms with Crippen LogP contribution < -0.4 is 9.64 Å². The smallest absolute Gasteiger partial charge is 0.266 e. The Morgan fingerprint density at radius 2 is 2.08 bits per heavy atom. The molecule has 0 spiro atoms. The molecular weight excluding hydrogens is 372 g/mol. The summed E-state index contributed by atoms with van der Waals surface area (Å²) in [7, 11) is 3.41. The van der Waals surface area contributed by atoms with Gasteiger partial charge in [-0.25, -0.2) is 0 Å². The van der Waals surface area contributed by atoms with E-state index < -0.39 is 0 Å². The molecule has 7 heteroatoms. The van der Waals surface area contributed by atoms with Gasteiger partial charge in [-0.1, -0.05) is 42.7 Å². The Morgan fingerprint density at radius 3 is 2.64 bits per heavy atom. The fourth-order valence-electron chi connectivity index (χ4n) is 2.76. The average molecular weight is 393 g/mol. The number of likely N-dealkylation sites (N-methyl/N-ethyl adjacent to an activating group) is 1. The number of rotatable bonds is 4. The number of methoxy groups -OCH3 is 1. The van der Waals surface area contributed by atoms with Gasteiger partial charge in [0.25, 0.3) is 5.91 Å². The van der Waals surface area contributed by atoms with Crippen LogP contribution in [0.15, 0.2) is 44.7 Å². The number of ether oxygens (including phenoxy) is 1. The van der Waals surface area contributed by atoms with Crippen molar-refractivity contribution < 1.29 is 9.53 Å². The van der Waals surface area contributed by atoms with Crippen LogP contribution in [-0.4, -0.2) is 35.8 Å². The van der Waals surface area contributed by atoms with E-state index in [9.17, 15) is 4.79 Å². The highest BCUT2D eigenvalue weighted by Crippen LogP contribution is 2.48. The minimum atomic E-state index is -0.00562. The number of thioether (sulfide) groups is 2. The predicted molar refractivity (Wildman–Crippen MR) is 110 cm³/mol. The molecule has 132 valence electrons. The van der Waals surface area contributed by atoms with E-state index in [4.69, 9.17) is 17.0 Å². The number of hydrogen-bond acceptors (Lipinski definition) is 6. The van der Waals surface area contributed by atoms with E-state index in [1.807, 2.05) is 6.07 Å². The number of carbonyl (C=O) groups is 1. The monoisotopic (exact) mass is 392 g/mol. The van der Waals surface area contributed by atoms with Gasteiger partial charge in [0.15, 0.2) is 0 Å². The van der Waals surface area contributed by atoms with Crippen LogP contribution in [-0.2, 0) is 4.79 Å². The molecule has 2 heterocycles.